The highest BCUT2D eigenvalue weighted by atomic mass is 16.5. The second-order valence-electron chi connectivity index (χ2n) is 7.14. The Morgan fingerprint density at radius 3 is 2.63 bits per heavy atom. The van der Waals surface area contributed by atoms with Crippen molar-refractivity contribution in [3.8, 4) is 5.75 Å². The number of rotatable bonds is 1. The SMILES string of the molecule is COc1ccc2c(c1)[C@]1(C)CCCC(C)(C)[C@@H]1[C@@H]2O. The Morgan fingerprint density at radius 1 is 1.21 bits per heavy atom. The van der Waals surface area contributed by atoms with Gasteiger partial charge in [0.2, 0.25) is 0 Å². The average molecular weight is 260 g/mol. The van der Waals surface area contributed by atoms with Gasteiger partial charge in [0.05, 0.1) is 13.2 Å². The van der Waals surface area contributed by atoms with E-state index in [2.05, 4.69) is 32.9 Å². The van der Waals surface area contributed by atoms with Crippen LogP contribution in [-0.4, -0.2) is 12.2 Å². The van der Waals surface area contributed by atoms with Gasteiger partial charge in [0, 0.05) is 5.92 Å². The maximum atomic E-state index is 10.8. The summed E-state index contributed by atoms with van der Waals surface area (Å²) in [6.07, 6.45) is 3.28. The minimum atomic E-state index is -0.332. The van der Waals surface area contributed by atoms with Crippen molar-refractivity contribution in [2.75, 3.05) is 7.11 Å². The number of aliphatic hydroxyl groups is 1. The van der Waals surface area contributed by atoms with E-state index in [0.717, 1.165) is 11.3 Å². The van der Waals surface area contributed by atoms with E-state index in [-0.39, 0.29) is 16.9 Å². The standard InChI is InChI=1S/C17H24O2/c1-16(2)8-5-9-17(3)13-10-11(19-4)6-7-12(13)14(18)15(16)17/h6-7,10,14-15,18H,5,8-9H2,1-4H3/t14-,15+,17+/m1/s1. The van der Waals surface area contributed by atoms with E-state index in [1.54, 1.807) is 7.11 Å². The smallest absolute Gasteiger partial charge is 0.119 e. The molecule has 1 saturated carbocycles. The lowest BCUT2D eigenvalue weighted by atomic mass is 9.56. The van der Waals surface area contributed by atoms with Gasteiger partial charge in [-0.1, -0.05) is 33.3 Å². The van der Waals surface area contributed by atoms with Crippen LogP contribution in [0.15, 0.2) is 18.2 Å². The molecule has 2 aliphatic rings. The molecule has 0 heterocycles. The highest BCUT2D eigenvalue weighted by molar-refractivity contribution is 5.47. The monoisotopic (exact) mass is 260 g/mol. The van der Waals surface area contributed by atoms with Crippen molar-refractivity contribution in [3.63, 3.8) is 0 Å². The van der Waals surface area contributed by atoms with E-state index in [9.17, 15) is 5.11 Å². The molecule has 0 aromatic heterocycles. The van der Waals surface area contributed by atoms with Crippen molar-refractivity contribution in [1.29, 1.82) is 0 Å². The van der Waals surface area contributed by atoms with Crippen LogP contribution >= 0.6 is 0 Å². The van der Waals surface area contributed by atoms with E-state index in [1.807, 2.05) is 6.07 Å². The van der Waals surface area contributed by atoms with Crippen LogP contribution in [0.3, 0.4) is 0 Å². The molecule has 3 rings (SSSR count). The Labute approximate surface area is 115 Å². The second kappa shape index (κ2) is 3.99. The van der Waals surface area contributed by atoms with Crippen molar-refractivity contribution in [2.45, 2.75) is 51.6 Å². The van der Waals surface area contributed by atoms with Crippen LogP contribution in [0.25, 0.3) is 0 Å². The molecule has 0 bridgehead atoms. The number of benzene rings is 1. The molecule has 1 aromatic rings. The summed E-state index contributed by atoms with van der Waals surface area (Å²) in [6.45, 7) is 6.94. The minimum absolute atomic E-state index is 0.0883. The molecule has 0 radical (unpaired) electrons. The predicted octanol–water partition coefficient (Wildman–Crippen LogP) is 3.83. The Hall–Kier alpha value is -1.02. The Morgan fingerprint density at radius 2 is 1.95 bits per heavy atom. The van der Waals surface area contributed by atoms with Gasteiger partial charge >= 0.3 is 0 Å². The summed E-state index contributed by atoms with van der Waals surface area (Å²) in [7, 11) is 1.71. The quantitative estimate of drug-likeness (QED) is 0.831. The lowest BCUT2D eigenvalue weighted by Crippen LogP contribution is -2.43. The molecule has 0 saturated heterocycles. The van der Waals surface area contributed by atoms with Gasteiger partial charge in [-0.05, 0) is 46.9 Å². The van der Waals surface area contributed by atoms with Crippen molar-refractivity contribution in [3.05, 3.63) is 29.3 Å². The molecular formula is C17H24O2. The molecule has 0 amide bonds. The highest BCUT2D eigenvalue weighted by Crippen LogP contribution is 2.62. The number of hydrogen-bond acceptors (Lipinski definition) is 2. The van der Waals surface area contributed by atoms with Gasteiger partial charge in [-0.3, -0.25) is 0 Å². The third kappa shape index (κ3) is 1.66. The van der Waals surface area contributed by atoms with Crippen molar-refractivity contribution >= 4 is 0 Å². The number of ether oxygens (including phenoxy) is 1. The number of hydrogen-bond donors (Lipinski definition) is 1. The van der Waals surface area contributed by atoms with Crippen LogP contribution < -0.4 is 4.74 Å². The third-order valence-electron chi connectivity index (χ3n) is 5.56. The van der Waals surface area contributed by atoms with Crippen LogP contribution in [0.4, 0.5) is 0 Å². The molecule has 0 aliphatic heterocycles. The molecule has 1 fully saturated rings. The van der Waals surface area contributed by atoms with Gasteiger partial charge in [-0.25, -0.2) is 0 Å². The van der Waals surface area contributed by atoms with E-state index in [0.29, 0.717) is 5.92 Å². The summed E-state index contributed by atoms with van der Waals surface area (Å²) >= 11 is 0. The first-order chi connectivity index (χ1) is 8.90. The summed E-state index contributed by atoms with van der Waals surface area (Å²) < 4.78 is 5.37. The molecule has 2 heteroatoms. The maximum absolute atomic E-state index is 10.8. The average Bonchev–Trinajstić information content (AvgIpc) is 2.58. The van der Waals surface area contributed by atoms with Gasteiger partial charge in [0.15, 0.2) is 0 Å². The molecule has 3 atom stereocenters. The van der Waals surface area contributed by atoms with Crippen LogP contribution in [0.2, 0.25) is 0 Å². The van der Waals surface area contributed by atoms with Crippen molar-refractivity contribution in [1.82, 2.24) is 0 Å². The van der Waals surface area contributed by atoms with Crippen LogP contribution in [-0.2, 0) is 5.41 Å². The molecular weight excluding hydrogens is 236 g/mol. The Kier molecular flexibility index (Phi) is 2.72. The zero-order valence-corrected chi connectivity index (χ0v) is 12.4. The topological polar surface area (TPSA) is 29.5 Å². The van der Waals surface area contributed by atoms with Gasteiger partial charge in [-0.2, -0.15) is 0 Å². The van der Waals surface area contributed by atoms with Crippen LogP contribution in [0.1, 0.15) is 57.3 Å². The fourth-order valence-corrected chi connectivity index (χ4v) is 4.76. The Bertz CT molecular complexity index is 506. The van der Waals surface area contributed by atoms with Crippen LogP contribution in [0.5, 0.6) is 5.75 Å². The summed E-state index contributed by atoms with van der Waals surface area (Å²) in [5.74, 6) is 1.21. The first kappa shape index (κ1) is 13.0. The molecule has 2 nitrogen and oxygen atoms in total. The van der Waals surface area contributed by atoms with E-state index >= 15 is 0 Å². The lowest BCUT2D eigenvalue weighted by Gasteiger charge is -2.48. The number of fused-ring (bicyclic) bond motifs is 3. The molecule has 104 valence electrons. The predicted molar refractivity (Wildman–Crippen MR) is 76.4 cm³/mol. The Balaban J connectivity index is 2.16. The maximum Gasteiger partial charge on any atom is 0.119 e. The number of methoxy groups -OCH3 is 1. The summed E-state index contributed by atoms with van der Waals surface area (Å²) in [5, 5.41) is 10.8. The van der Waals surface area contributed by atoms with E-state index in [4.69, 9.17) is 4.74 Å². The molecule has 1 N–H and O–H groups in total. The van der Waals surface area contributed by atoms with E-state index in [1.165, 1.54) is 24.8 Å². The first-order valence-electron chi connectivity index (χ1n) is 7.27. The zero-order valence-electron chi connectivity index (χ0n) is 12.4. The molecule has 1 aromatic carbocycles. The fraction of sp³-hybridized carbons (Fsp3) is 0.647. The molecule has 19 heavy (non-hydrogen) atoms. The van der Waals surface area contributed by atoms with Crippen LogP contribution in [0, 0.1) is 11.3 Å². The van der Waals surface area contributed by atoms with Gasteiger partial charge in [0.1, 0.15) is 5.75 Å². The lowest BCUT2D eigenvalue weighted by molar-refractivity contribution is -0.0272. The summed E-state index contributed by atoms with van der Waals surface area (Å²) in [6, 6.07) is 6.16. The second-order valence-corrected chi connectivity index (χ2v) is 7.14. The highest BCUT2D eigenvalue weighted by Gasteiger charge is 2.56. The fourth-order valence-electron chi connectivity index (χ4n) is 4.76. The number of aliphatic hydroxyl groups excluding tert-OH is 1. The van der Waals surface area contributed by atoms with Crippen molar-refractivity contribution < 1.29 is 9.84 Å². The van der Waals surface area contributed by atoms with E-state index < -0.39 is 0 Å². The zero-order chi connectivity index (χ0) is 13.8. The molecule has 2 aliphatic carbocycles. The summed E-state index contributed by atoms with van der Waals surface area (Å²) in [4.78, 5) is 0. The normalized spacial score (nSPS) is 35.6. The van der Waals surface area contributed by atoms with Gasteiger partial charge in [0.25, 0.3) is 0 Å². The first-order valence-corrected chi connectivity index (χ1v) is 7.27. The van der Waals surface area contributed by atoms with Gasteiger partial charge in [-0.15, -0.1) is 0 Å². The minimum Gasteiger partial charge on any atom is -0.497 e. The summed E-state index contributed by atoms with van der Waals surface area (Å²) in [5.41, 5.74) is 2.70. The van der Waals surface area contributed by atoms with Gasteiger partial charge < -0.3 is 9.84 Å². The third-order valence-corrected chi connectivity index (χ3v) is 5.56. The molecule has 0 unspecified atom stereocenters. The molecule has 0 spiro atoms. The van der Waals surface area contributed by atoms with Crippen molar-refractivity contribution in [2.24, 2.45) is 11.3 Å². The largest absolute Gasteiger partial charge is 0.497 e.